The van der Waals surface area contributed by atoms with Gasteiger partial charge in [-0.2, -0.15) is 5.21 Å². The van der Waals surface area contributed by atoms with E-state index in [2.05, 4.69) is 27.5 Å². The SMILES string of the molecule is CCCCC(=O)N(Cc1ccc2nc(-c3ccc(-c4nn[nH]n4)cc3)ccc2c1)C(C(=O)OCc1ccccc1)C(C)C. The highest BCUT2D eigenvalue weighted by Crippen LogP contribution is 2.26. The summed E-state index contributed by atoms with van der Waals surface area (Å²) in [7, 11) is 0. The van der Waals surface area contributed by atoms with Crippen LogP contribution in [0.2, 0.25) is 0 Å². The predicted molar refractivity (Wildman–Crippen MR) is 165 cm³/mol. The summed E-state index contributed by atoms with van der Waals surface area (Å²) >= 11 is 0. The van der Waals surface area contributed by atoms with Crippen LogP contribution in [-0.2, 0) is 27.5 Å². The van der Waals surface area contributed by atoms with Crippen molar-refractivity contribution in [2.24, 2.45) is 5.92 Å². The van der Waals surface area contributed by atoms with Crippen molar-refractivity contribution in [2.45, 2.75) is 59.2 Å². The van der Waals surface area contributed by atoms with Crippen molar-refractivity contribution in [3.63, 3.8) is 0 Å². The molecule has 0 fully saturated rings. The summed E-state index contributed by atoms with van der Waals surface area (Å²) in [6.07, 6.45) is 2.05. The Morgan fingerprint density at radius 2 is 1.67 bits per heavy atom. The first-order valence-corrected chi connectivity index (χ1v) is 14.7. The normalized spacial score (nSPS) is 11.9. The molecular weight excluding hydrogens is 540 g/mol. The summed E-state index contributed by atoms with van der Waals surface area (Å²) in [4.78, 5) is 33.5. The van der Waals surface area contributed by atoms with Gasteiger partial charge in [0.25, 0.3) is 0 Å². The molecule has 0 aliphatic carbocycles. The Kier molecular flexibility index (Phi) is 9.51. The first-order valence-electron chi connectivity index (χ1n) is 14.7. The third kappa shape index (κ3) is 7.30. The Bertz CT molecular complexity index is 1650. The molecule has 220 valence electrons. The first-order chi connectivity index (χ1) is 20.9. The van der Waals surface area contributed by atoms with Crippen molar-refractivity contribution in [1.29, 1.82) is 0 Å². The molecule has 1 atom stereocenters. The number of aromatic amines is 1. The molecule has 0 bridgehead atoms. The summed E-state index contributed by atoms with van der Waals surface area (Å²) < 4.78 is 5.72. The fourth-order valence-electron chi connectivity index (χ4n) is 5.09. The van der Waals surface area contributed by atoms with Crippen molar-refractivity contribution in [3.8, 4) is 22.6 Å². The molecule has 5 aromatic rings. The fourth-order valence-corrected chi connectivity index (χ4v) is 5.09. The molecule has 3 aromatic carbocycles. The number of carbonyl (C=O) groups is 2. The minimum atomic E-state index is -0.695. The monoisotopic (exact) mass is 576 g/mol. The van der Waals surface area contributed by atoms with Crippen molar-refractivity contribution in [1.82, 2.24) is 30.5 Å². The van der Waals surface area contributed by atoms with E-state index in [1.807, 2.05) is 98.8 Å². The largest absolute Gasteiger partial charge is 0.459 e. The summed E-state index contributed by atoms with van der Waals surface area (Å²) in [5, 5.41) is 15.1. The molecular formula is C34H36N6O3. The molecule has 0 aliphatic rings. The van der Waals surface area contributed by atoms with Crippen LogP contribution < -0.4 is 0 Å². The maximum atomic E-state index is 13.5. The molecule has 0 spiro atoms. The number of H-pyrrole nitrogens is 1. The maximum absolute atomic E-state index is 13.5. The Hall–Kier alpha value is -4.92. The van der Waals surface area contributed by atoms with Crippen LogP contribution >= 0.6 is 0 Å². The predicted octanol–water partition coefficient (Wildman–Crippen LogP) is 6.37. The molecule has 0 radical (unpaired) electrons. The van der Waals surface area contributed by atoms with Crippen LogP contribution in [-0.4, -0.2) is 48.4 Å². The van der Waals surface area contributed by atoms with E-state index >= 15 is 0 Å². The van der Waals surface area contributed by atoms with Crippen molar-refractivity contribution in [3.05, 3.63) is 96.1 Å². The minimum absolute atomic E-state index is 0.0463. The topological polar surface area (TPSA) is 114 Å². The lowest BCUT2D eigenvalue weighted by Gasteiger charge is -2.33. The van der Waals surface area contributed by atoms with Crippen LogP contribution in [0.1, 0.15) is 51.2 Å². The molecule has 43 heavy (non-hydrogen) atoms. The Labute approximate surface area is 251 Å². The van der Waals surface area contributed by atoms with E-state index in [1.165, 1.54) is 0 Å². The number of unbranched alkanes of at least 4 members (excludes halogenated alkanes) is 1. The number of pyridine rings is 1. The van der Waals surface area contributed by atoms with E-state index in [0.717, 1.165) is 51.7 Å². The number of esters is 1. The van der Waals surface area contributed by atoms with Gasteiger partial charge in [0.05, 0.1) is 11.2 Å². The van der Waals surface area contributed by atoms with Crippen LogP contribution in [0.25, 0.3) is 33.5 Å². The van der Waals surface area contributed by atoms with Gasteiger partial charge in [-0.3, -0.25) is 4.79 Å². The van der Waals surface area contributed by atoms with Crippen LogP contribution in [0.5, 0.6) is 0 Å². The Morgan fingerprint density at radius 1 is 0.907 bits per heavy atom. The van der Waals surface area contributed by atoms with Gasteiger partial charge in [0, 0.05) is 29.5 Å². The fraction of sp³-hybridized carbons (Fsp3) is 0.294. The molecule has 9 heteroatoms. The average Bonchev–Trinajstić information content (AvgIpc) is 3.58. The van der Waals surface area contributed by atoms with Gasteiger partial charge < -0.3 is 9.64 Å². The van der Waals surface area contributed by atoms with Crippen LogP contribution in [0.3, 0.4) is 0 Å². The van der Waals surface area contributed by atoms with Crippen LogP contribution in [0.4, 0.5) is 0 Å². The first kappa shape index (κ1) is 29.6. The molecule has 0 saturated carbocycles. The molecule has 0 saturated heterocycles. The second-order valence-corrected chi connectivity index (χ2v) is 10.9. The number of rotatable bonds is 12. The zero-order valence-electron chi connectivity index (χ0n) is 24.7. The standard InChI is InChI=1S/C34H36N6O3/c1-4-5-11-31(41)40(32(23(2)3)34(42)43-22-24-9-7-6-8-10-24)21-25-12-18-30-28(20-25)17-19-29(35-30)26-13-15-27(16-14-26)33-36-38-39-37-33/h6-10,12-20,23,32H,4-5,11,21-22H2,1-3H3,(H,36,37,38,39). The van der Waals surface area contributed by atoms with Gasteiger partial charge in [-0.15, -0.1) is 10.2 Å². The summed E-state index contributed by atoms with van der Waals surface area (Å²) in [5.41, 5.74) is 5.36. The zero-order chi connectivity index (χ0) is 30.2. The van der Waals surface area contributed by atoms with Crippen molar-refractivity contribution < 1.29 is 14.3 Å². The summed E-state index contributed by atoms with van der Waals surface area (Å²) in [5.74, 6) is -0.0156. The van der Waals surface area contributed by atoms with E-state index in [-0.39, 0.29) is 24.4 Å². The molecule has 2 heterocycles. The number of tetrazole rings is 1. The number of nitrogens with zero attached hydrogens (tertiary/aromatic N) is 5. The number of hydrogen-bond acceptors (Lipinski definition) is 7. The van der Waals surface area contributed by atoms with E-state index in [0.29, 0.717) is 18.8 Å². The number of amides is 1. The highest BCUT2D eigenvalue weighted by Gasteiger charge is 2.33. The van der Waals surface area contributed by atoms with Crippen LogP contribution in [0, 0.1) is 5.92 Å². The summed E-state index contributed by atoms with van der Waals surface area (Å²) in [6.45, 7) is 6.44. The van der Waals surface area contributed by atoms with E-state index < -0.39 is 6.04 Å². The molecule has 9 nitrogen and oxygen atoms in total. The van der Waals surface area contributed by atoms with E-state index in [9.17, 15) is 9.59 Å². The molecule has 0 aliphatic heterocycles. The lowest BCUT2D eigenvalue weighted by atomic mass is 10.00. The van der Waals surface area contributed by atoms with Gasteiger partial charge in [-0.25, -0.2) is 9.78 Å². The minimum Gasteiger partial charge on any atom is -0.459 e. The van der Waals surface area contributed by atoms with E-state index in [4.69, 9.17) is 9.72 Å². The number of carbonyl (C=O) groups excluding carboxylic acids is 2. The van der Waals surface area contributed by atoms with Crippen LogP contribution in [0.15, 0.2) is 84.9 Å². The summed E-state index contributed by atoms with van der Waals surface area (Å²) in [6, 6.07) is 26.7. The van der Waals surface area contributed by atoms with Gasteiger partial charge in [0.15, 0.2) is 0 Å². The number of fused-ring (bicyclic) bond motifs is 1. The smallest absolute Gasteiger partial charge is 0.329 e. The van der Waals surface area contributed by atoms with Crippen molar-refractivity contribution in [2.75, 3.05) is 0 Å². The third-order valence-corrected chi connectivity index (χ3v) is 7.39. The van der Waals surface area contributed by atoms with Gasteiger partial charge in [-0.1, -0.05) is 93.9 Å². The molecule has 2 aromatic heterocycles. The molecule has 1 amide bonds. The van der Waals surface area contributed by atoms with Gasteiger partial charge in [0.1, 0.15) is 12.6 Å². The van der Waals surface area contributed by atoms with Crippen molar-refractivity contribution >= 4 is 22.8 Å². The quantitative estimate of drug-likeness (QED) is 0.172. The highest BCUT2D eigenvalue weighted by molar-refractivity contribution is 5.86. The van der Waals surface area contributed by atoms with E-state index in [1.54, 1.807) is 4.90 Å². The highest BCUT2D eigenvalue weighted by atomic mass is 16.5. The lowest BCUT2D eigenvalue weighted by molar-refractivity contribution is -0.159. The lowest BCUT2D eigenvalue weighted by Crippen LogP contribution is -2.48. The number of hydrogen-bond donors (Lipinski definition) is 1. The third-order valence-electron chi connectivity index (χ3n) is 7.39. The second-order valence-electron chi connectivity index (χ2n) is 10.9. The number of aromatic nitrogens is 5. The maximum Gasteiger partial charge on any atom is 0.329 e. The number of nitrogens with one attached hydrogen (secondary N) is 1. The Balaban J connectivity index is 1.36. The van der Waals surface area contributed by atoms with Gasteiger partial charge in [0.2, 0.25) is 11.7 Å². The molecule has 1 N–H and O–H groups in total. The molecule has 5 rings (SSSR count). The Morgan fingerprint density at radius 3 is 2.37 bits per heavy atom. The number of ether oxygens (including phenoxy) is 1. The average molecular weight is 577 g/mol. The second kappa shape index (κ2) is 13.8. The van der Waals surface area contributed by atoms with Gasteiger partial charge in [-0.05, 0) is 46.9 Å². The van der Waals surface area contributed by atoms with Gasteiger partial charge >= 0.3 is 5.97 Å². The zero-order valence-corrected chi connectivity index (χ0v) is 24.7. The number of benzene rings is 3. The molecule has 1 unspecified atom stereocenters.